The molecule has 0 aromatic heterocycles. The van der Waals surface area contributed by atoms with Crippen LogP contribution in [0.25, 0.3) is 0 Å². The first-order valence-electron chi connectivity index (χ1n) is 7.21. The van der Waals surface area contributed by atoms with Crippen molar-refractivity contribution < 1.29 is 8.78 Å². The molecule has 0 saturated heterocycles. The summed E-state index contributed by atoms with van der Waals surface area (Å²) in [4.78, 5) is 0. The maximum absolute atomic E-state index is 13.3. The van der Waals surface area contributed by atoms with Crippen molar-refractivity contribution in [2.45, 2.75) is 33.4 Å². The summed E-state index contributed by atoms with van der Waals surface area (Å²) in [6, 6.07) is 11.8. The van der Waals surface area contributed by atoms with Crippen LogP contribution in [0.1, 0.15) is 36.6 Å². The average molecular weight is 289 g/mol. The van der Waals surface area contributed by atoms with Crippen molar-refractivity contribution in [1.29, 1.82) is 0 Å². The van der Waals surface area contributed by atoms with E-state index in [9.17, 15) is 8.78 Å². The molecule has 21 heavy (non-hydrogen) atoms. The number of halogens is 2. The largest absolute Gasteiger partial charge is 0.306 e. The van der Waals surface area contributed by atoms with Crippen LogP contribution in [0, 0.1) is 24.5 Å². The molecule has 3 heteroatoms. The van der Waals surface area contributed by atoms with Crippen molar-refractivity contribution in [1.82, 2.24) is 5.32 Å². The lowest BCUT2D eigenvalue weighted by atomic mass is 9.95. The molecule has 1 nitrogen and oxygen atoms in total. The summed E-state index contributed by atoms with van der Waals surface area (Å²) in [6.07, 6.45) is 0. The Labute approximate surface area is 125 Å². The Bertz CT molecular complexity index is 591. The lowest BCUT2D eigenvalue weighted by molar-refractivity contribution is 0.410. The second-order valence-corrected chi connectivity index (χ2v) is 5.74. The maximum Gasteiger partial charge on any atom is 0.126 e. The van der Waals surface area contributed by atoms with Gasteiger partial charge >= 0.3 is 0 Å². The van der Waals surface area contributed by atoms with E-state index in [4.69, 9.17) is 0 Å². The Kier molecular flexibility index (Phi) is 5.07. The van der Waals surface area contributed by atoms with Crippen LogP contribution in [-0.4, -0.2) is 0 Å². The van der Waals surface area contributed by atoms with Crippen molar-refractivity contribution in [2.75, 3.05) is 0 Å². The summed E-state index contributed by atoms with van der Waals surface area (Å²) in [5.74, 6) is -0.0369. The first kappa shape index (κ1) is 15.6. The molecule has 1 N–H and O–H groups in total. The van der Waals surface area contributed by atoms with E-state index in [1.807, 2.05) is 18.2 Å². The van der Waals surface area contributed by atoms with Crippen molar-refractivity contribution in [3.05, 3.63) is 70.8 Å². The second kappa shape index (κ2) is 6.81. The zero-order chi connectivity index (χ0) is 15.4. The van der Waals surface area contributed by atoms with Gasteiger partial charge < -0.3 is 5.32 Å². The molecule has 1 atom stereocenters. The molecule has 0 aliphatic heterocycles. The van der Waals surface area contributed by atoms with Crippen molar-refractivity contribution in [2.24, 2.45) is 5.92 Å². The summed E-state index contributed by atoms with van der Waals surface area (Å²) in [5, 5.41) is 3.47. The third-order valence-corrected chi connectivity index (χ3v) is 3.64. The van der Waals surface area contributed by atoms with E-state index < -0.39 is 0 Å². The highest BCUT2D eigenvalue weighted by Gasteiger charge is 2.15. The number of aryl methyl sites for hydroxylation is 1. The van der Waals surface area contributed by atoms with Gasteiger partial charge in [-0.15, -0.1) is 0 Å². The van der Waals surface area contributed by atoms with E-state index >= 15 is 0 Å². The molecule has 2 rings (SSSR count). The predicted molar refractivity (Wildman–Crippen MR) is 82.0 cm³/mol. The number of hydrogen-bond acceptors (Lipinski definition) is 1. The van der Waals surface area contributed by atoms with Gasteiger partial charge in [0, 0.05) is 12.6 Å². The highest BCUT2D eigenvalue weighted by atomic mass is 19.1. The molecular weight excluding hydrogens is 268 g/mol. The first-order valence-corrected chi connectivity index (χ1v) is 7.21. The van der Waals surface area contributed by atoms with Crippen LogP contribution in [0.15, 0.2) is 42.5 Å². The average Bonchev–Trinajstić information content (AvgIpc) is 2.44. The van der Waals surface area contributed by atoms with Gasteiger partial charge in [0.05, 0.1) is 0 Å². The minimum Gasteiger partial charge on any atom is -0.306 e. The van der Waals surface area contributed by atoms with Gasteiger partial charge in [0.25, 0.3) is 0 Å². The number of hydrogen-bond donors (Lipinski definition) is 1. The molecule has 0 bridgehead atoms. The Morgan fingerprint density at radius 1 is 1.00 bits per heavy atom. The van der Waals surface area contributed by atoms with E-state index in [0.29, 0.717) is 18.0 Å². The fourth-order valence-corrected chi connectivity index (χ4v) is 2.45. The lowest BCUT2D eigenvalue weighted by Gasteiger charge is -2.23. The van der Waals surface area contributed by atoms with Gasteiger partial charge in [-0.25, -0.2) is 8.78 Å². The van der Waals surface area contributed by atoms with Gasteiger partial charge in [-0.3, -0.25) is 0 Å². The first-order chi connectivity index (χ1) is 9.97. The molecule has 0 fully saturated rings. The number of rotatable bonds is 5. The van der Waals surface area contributed by atoms with Crippen molar-refractivity contribution in [3.8, 4) is 0 Å². The van der Waals surface area contributed by atoms with E-state index in [0.717, 1.165) is 11.1 Å². The molecule has 1 unspecified atom stereocenters. The minimum atomic E-state index is -0.226. The molecule has 0 saturated carbocycles. The van der Waals surface area contributed by atoms with E-state index in [1.54, 1.807) is 13.0 Å². The molecule has 2 aromatic carbocycles. The second-order valence-electron chi connectivity index (χ2n) is 5.74. The third-order valence-electron chi connectivity index (χ3n) is 3.64. The SMILES string of the molecule is Cc1cc(CNC(c2ccc(F)cc2)C(C)C)ccc1F. The smallest absolute Gasteiger partial charge is 0.126 e. The normalized spacial score (nSPS) is 12.7. The predicted octanol–water partition coefficient (Wildman–Crippen LogP) is 4.76. The van der Waals surface area contributed by atoms with Gasteiger partial charge in [0.15, 0.2) is 0 Å². The number of nitrogens with one attached hydrogen (secondary N) is 1. The summed E-state index contributed by atoms with van der Waals surface area (Å²) in [5.41, 5.74) is 2.75. The van der Waals surface area contributed by atoms with Crippen LogP contribution >= 0.6 is 0 Å². The molecule has 0 spiro atoms. The zero-order valence-electron chi connectivity index (χ0n) is 12.7. The van der Waals surface area contributed by atoms with Crippen LogP contribution < -0.4 is 5.32 Å². The van der Waals surface area contributed by atoms with Crippen LogP contribution in [0.3, 0.4) is 0 Å². The summed E-state index contributed by atoms with van der Waals surface area (Å²) < 4.78 is 26.3. The Balaban J connectivity index is 2.09. The van der Waals surface area contributed by atoms with E-state index in [-0.39, 0.29) is 17.7 Å². The summed E-state index contributed by atoms with van der Waals surface area (Å²) >= 11 is 0. The van der Waals surface area contributed by atoms with Gasteiger partial charge in [0.2, 0.25) is 0 Å². The van der Waals surface area contributed by atoms with Crippen molar-refractivity contribution >= 4 is 0 Å². The molecule has 0 aliphatic rings. The van der Waals surface area contributed by atoms with Gasteiger partial charge in [-0.1, -0.05) is 38.1 Å². The summed E-state index contributed by atoms with van der Waals surface area (Å²) in [7, 11) is 0. The molecule has 0 radical (unpaired) electrons. The fraction of sp³-hybridized carbons (Fsp3) is 0.333. The molecular formula is C18H21F2N. The quantitative estimate of drug-likeness (QED) is 0.836. The van der Waals surface area contributed by atoms with E-state index in [1.165, 1.54) is 18.2 Å². The molecule has 2 aromatic rings. The molecule has 0 aliphatic carbocycles. The topological polar surface area (TPSA) is 12.0 Å². The van der Waals surface area contributed by atoms with Crippen LogP contribution in [0.2, 0.25) is 0 Å². The highest BCUT2D eigenvalue weighted by Crippen LogP contribution is 2.22. The van der Waals surface area contributed by atoms with Gasteiger partial charge in [-0.05, 0) is 47.7 Å². The Hall–Kier alpha value is -1.74. The molecule has 0 amide bonds. The van der Waals surface area contributed by atoms with Gasteiger partial charge in [0.1, 0.15) is 11.6 Å². The standard InChI is InChI=1S/C18H21F2N/c1-12(2)18(15-5-7-16(19)8-6-15)21-11-14-4-9-17(20)13(3)10-14/h4-10,12,18,21H,11H2,1-3H3. The monoisotopic (exact) mass is 289 g/mol. The van der Waals surface area contributed by atoms with Crippen LogP contribution in [0.5, 0.6) is 0 Å². The van der Waals surface area contributed by atoms with Crippen molar-refractivity contribution in [3.63, 3.8) is 0 Å². The lowest BCUT2D eigenvalue weighted by Crippen LogP contribution is -2.25. The van der Waals surface area contributed by atoms with E-state index in [2.05, 4.69) is 19.2 Å². The fourth-order valence-electron chi connectivity index (χ4n) is 2.45. The van der Waals surface area contributed by atoms with Crippen LogP contribution in [0.4, 0.5) is 8.78 Å². The third kappa shape index (κ3) is 4.11. The van der Waals surface area contributed by atoms with Gasteiger partial charge in [-0.2, -0.15) is 0 Å². The minimum absolute atomic E-state index is 0.135. The maximum atomic E-state index is 13.3. The highest BCUT2D eigenvalue weighted by molar-refractivity contribution is 5.25. The number of benzene rings is 2. The van der Waals surface area contributed by atoms with Crippen LogP contribution in [-0.2, 0) is 6.54 Å². The Morgan fingerprint density at radius 2 is 1.67 bits per heavy atom. The molecule has 112 valence electrons. The Morgan fingerprint density at radius 3 is 2.24 bits per heavy atom. The zero-order valence-corrected chi connectivity index (χ0v) is 12.7. The summed E-state index contributed by atoms with van der Waals surface area (Å²) in [6.45, 7) is 6.66. The molecule has 0 heterocycles.